The second-order valence-electron chi connectivity index (χ2n) is 6.79. The van der Waals surface area contributed by atoms with Crippen LogP contribution in [0, 0.1) is 5.92 Å². The van der Waals surface area contributed by atoms with Gasteiger partial charge in [0.15, 0.2) is 0 Å². The first-order valence-corrected chi connectivity index (χ1v) is 9.33. The minimum Gasteiger partial charge on any atom is -0.372 e. The van der Waals surface area contributed by atoms with Crippen molar-refractivity contribution in [1.29, 1.82) is 0 Å². The number of rotatable bonds is 2. The first-order chi connectivity index (χ1) is 12.1. The Morgan fingerprint density at radius 2 is 1.88 bits per heavy atom. The molecular formula is C19H20N2O3S. The predicted octanol–water partition coefficient (Wildman–Crippen LogP) is 2.98. The molecule has 2 N–H and O–H groups in total. The topological polar surface area (TPSA) is 67.4 Å². The normalized spacial score (nSPS) is 18.4. The Labute approximate surface area is 150 Å². The molecule has 25 heavy (non-hydrogen) atoms. The summed E-state index contributed by atoms with van der Waals surface area (Å²) in [5.74, 6) is 0.0874. The number of benzene rings is 1. The molecule has 4 rings (SSSR count). The largest absolute Gasteiger partial charge is 0.372 e. The monoisotopic (exact) mass is 356 g/mol. The number of nitrogens with one attached hydrogen (secondary N) is 2. The van der Waals surface area contributed by atoms with E-state index in [4.69, 9.17) is 4.74 Å². The van der Waals surface area contributed by atoms with Gasteiger partial charge in [-0.2, -0.15) is 0 Å². The van der Waals surface area contributed by atoms with Crippen molar-refractivity contribution in [2.24, 2.45) is 5.92 Å². The van der Waals surface area contributed by atoms with Crippen LogP contribution in [0.25, 0.3) is 0 Å². The second kappa shape index (κ2) is 6.61. The smallest absolute Gasteiger partial charge is 0.279 e. The predicted molar refractivity (Wildman–Crippen MR) is 95.4 cm³/mol. The molecule has 1 aliphatic heterocycles. The van der Waals surface area contributed by atoms with E-state index in [1.807, 2.05) is 18.2 Å². The molecule has 1 aromatic heterocycles. The summed E-state index contributed by atoms with van der Waals surface area (Å²) in [6.07, 6.45) is 3.24. The van der Waals surface area contributed by atoms with Crippen molar-refractivity contribution in [3.05, 3.63) is 56.3 Å². The van der Waals surface area contributed by atoms with Gasteiger partial charge in [0.1, 0.15) is 0 Å². The third kappa shape index (κ3) is 3.32. The highest BCUT2D eigenvalue weighted by Gasteiger charge is 2.21. The van der Waals surface area contributed by atoms with Gasteiger partial charge in [-0.3, -0.25) is 20.4 Å². The minimum atomic E-state index is -0.321. The fourth-order valence-corrected chi connectivity index (χ4v) is 4.48. The lowest BCUT2D eigenvalue weighted by Gasteiger charge is -2.16. The summed E-state index contributed by atoms with van der Waals surface area (Å²) in [6, 6.07) is 7.42. The van der Waals surface area contributed by atoms with Gasteiger partial charge in [0.05, 0.1) is 18.1 Å². The Bertz CT molecular complexity index is 843. The highest BCUT2D eigenvalue weighted by Crippen LogP contribution is 2.32. The van der Waals surface area contributed by atoms with Gasteiger partial charge in [0.25, 0.3) is 11.8 Å². The molecule has 0 bridgehead atoms. The third-order valence-electron chi connectivity index (χ3n) is 4.83. The SMILES string of the molecule is CC1CCc2sc(C(=O)NNC(=O)c3ccc4c(c3)COC4)cc2C1. The summed E-state index contributed by atoms with van der Waals surface area (Å²) in [5, 5.41) is 0. The Balaban J connectivity index is 1.39. The van der Waals surface area contributed by atoms with E-state index in [0.29, 0.717) is 29.6 Å². The second-order valence-corrected chi connectivity index (χ2v) is 7.93. The lowest BCUT2D eigenvalue weighted by atomic mass is 9.90. The Morgan fingerprint density at radius 3 is 2.76 bits per heavy atom. The zero-order valence-electron chi connectivity index (χ0n) is 14.1. The zero-order chi connectivity index (χ0) is 17.4. The molecule has 1 aliphatic carbocycles. The van der Waals surface area contributed by atoms with E-state index in [1.165, 1.54) is 28.2 Å². The van der Waals surface area contributed by atoms with Gasteiger partial charge in [0.2, 0.25) is 0 Å². The summed E-state index contributed by atoms with van der Waals surface area (Å²) in [7, 11) is 0. The average Bonchev–Trinajstić information content (AvgIpc) is 3.24. The number of carbonyl (C=O) groups excluding carboxylic acids is 2. The summed E-state index contributed by atoms with van der Waals surface area (Å²) in [4.78, 5) is 26.5. The molecule has 0 radical (unpaired) electrons. The summed E-state index contributed by atoms with van der Waals surface area (Å²) in [6.45, 7) is 3.36. The van der Waals surface area contributed by atoms with Crippen molar-refractivity contribution in [2.45, 2.75) is 39.4 Å². The average molecular weight is 356 g/mol. The van der Waals surface area contributed by atoms with Crippen LogP contribution in [0.1, 0.15) is 54.9 Å². The van der Waals surface area contributed by atoms with E-state index in [0.717, 1.165) is 24.0 Å². The summed E-state index contributed by atoms with van der Waals surface area (Å²) < 4.78 is 5.35. The fourth-order valence-electron chi connectivity index (χ4n) is 3.38. The van der Waals surface area contributed by atoms with Crippen molar-refractivity contribution in [3.8, 4) is 0 Å². The Hall–Kier alpha value is -2.18. The van der Waals surface area contributed by atoms with Crippen LogP contribution in [0.4, 0.5) is 0 Å². The van der Waals surface area contributed by atoms with Gasteiger partial charge < -0.3 is 4.74 Å². The number of ether oxygens (including phenoxy) is 1. The van der Waals surface area contributed by atoms with Crippen LogP contribution in [0.5, 0.6) is 0 Å². The van der Waals surface area contributed by atoms with E-state index in [-0.39, 0.29) is 11.8 Å². The van der Waals surface area contributed by atoms with E-state index in [2.05, 4.69) is 17.8 Å². The fraction of sp³-hybridized carbons (Fsp3) is 0.368. The highest BCUT2D eigenvalue weighted by molar-refractivity contribution is 7.14. The van der Waals surface area contributed by atoms with E-state index in [9.17, 15) is 9.59 Å². The molecule has 2 amide bonds. The molecule has 1 atom stereocenters. The lowest BCUT2D eigenvalue weighted by molar-refractivity contribution is 0.0849. The van der Waals surface area contributed by atoms with Crippen molar-refractivity contribution >= 4 is 23.2 Å². The van der Waals surface area contributed by atoms with Crippen molar-refractivity contribution < 1.29 is 14.3 Å². The minimum absolute atomic E-state index is 0.259. The van der Waals surface area contributed by atoms with Crippen molar-refractivity contribution in [2.75, 3.05) is 0 Å². The molecule has 2 heterocycles. The standard InChI is InChI=1S/C19H20N2O3S/c1-11-2-5-16-14(6-11)8-17(25-16)19(23)21-20-18(22)12-3-4-13-9-24-10-15(13)7-12/h3-4,7-8,11H,2,5-6,9-10H2,1H3,(H,20,22)(H,21,23). The molecule has 6 heteroatoms. The van der Waals surface area contributed by atoms with Crippen LogP contribution in [-0.4, -0.2) is 11.8 Å². The number of fused-ring (bicyclic) bond motifs is 2. The molecule has 0 fully saturated rings. The summed E-state index contributed by atoms with van der Waals surface area (Å²) >= 11 is 1.53. The quantitative estimate of drug-likeness (QED) is 0.813. The van der Waals surface area contributed by atoms with Crippen LogP contribution in [-0.2, 0) is 30.8 Å². The van der Waals surface area contributed by atoms with Gasteiger partial charge in [-0.1, -0.05) is 13.0 Å². The van der Waals surface area contributed by atoms with Gasteiger partial charge in [0, 0.05) is 10.4 Å². The number of carbonyl (C=O) groups is 2. The number of hydrogen-bond donors (Lipinski definition) is 2. The maximum Gasteiger partial charge on any atom is 0.279 e. The van der Waals surface area contributed by atoms with Gasteiger partial charge in [-0.25, -0.2) is 0 Å². The van der Waals surface area contributed by atoms with Gasteiger partial charge >= 0.3 is 0 Å². The van der Waals surface area contributed by atoms with Crippen LogP contribution in [0.15, 0.2) is 24.3 Å². The van der Waals surface area contributed by atoms with Gasteiger partial charge in [-0.05, 0) is 60.1 Å². The molecule has 0 spiro atoms. The molecule has 2 aromatic rings. The van der Waals surface area contributed by atoms with Crippen LogP contribution in [0.2, 0.25) is 0 Å². The number of hydrogen-bond acceptors (Lipinski definition) is 4. The molecule has 2 aliphatic rings. The number of aryl methyl sites for hydroxylation is 1. The molecule has 0 saturated carbocycles. The Morgan fingerprint density at radius 1 is 1.08 bits per heavy atom. The van der Waals surface area contributed by atoms with E-state index in [1.54, 1.807) is 6.07 Å². The number of amides is 2. The van der Waals surface area contributed by atoms with Crippen LogP contribution >= 0.6 is 11.3 Å². The van der Waals surface area contributed by atoms with Gasteiger partial charge in [-0.15, -0.1) is 11.3 Å². The third-order valence-corrected chi connectivity index (χ3v) is 6.06. The molecule has 0 saturated heterocycles. The molecular weight excluding hydrogens is 336 g/mol. The molecule has 5 nitrogen and oxygen atoms in total. The zero-order valence-corrected chi connectivity index (χ0v) is 14.9. The van der Waals surface area contributed by atoms with Crippen LogP contribution < -0.4 is 10.9 Å². The Kier molecular flexibility index (Phi) is 4.31. The first kappa shape index (κ1) is 16.3. The molecule has 130 valence electrons. The summed E-state index contributed by atoms with van der Waals surface area (Å²) in [5.41, 5.74) is 8.96. The van der Waals surface area contributed by atoms with E-state index < -0.39 is 0 Å². The highest BCUT2D eigenvalue weighted by atomic mass is 32.1. The molecule has 1 aromatic carbocycles. The number of thiophene rings is 1. The number of hydrazine groups is 1. The lowest BCUT2D eigenvalue weighted by Crippen LogP contribution is -2.41. The maximum atomic E-state index is 12.3. The maximum absolute atomic E-state index is 12.3. The first-order valence-electron chi connectivity index (χ1n) is 8.52. The van der Waals surface area contributed by atoms with E-state index >= 15 is 0 Å². The van der Waals surface area contributed by atoms with Crippen molar-refractivity contribution in [3.63, 3.8) is 0 Å². The van der Waals surface area contributed by atoms with Crippen LogP contribution in [0.3, 0.4) is 0 Å². The van der Waals surface area contributed by atoms with Crippen molar-refractivity contribution in [1.82, 2.24) is 10.9 Å². The molecule has 1 unspecified atom stereocenters.